The monoisotopic (exact) mass is 267 g/mol. The van der Waals surface area contributed by atoms with E-state index in [1.807, 2.05) is 7.05 Å². The van der Waals surface area contributed by atoms with Crippen LogP contribution in [0.3, 0.4) is 0 Å². The van der Waals surface area contributed by atoms with E-state index >= 15 is 0 Å². The van der Waals surface area contributed by atoms with Gasteiger partial charge in [0.05, 0.1) is 0 Å². The summed E-state index contributed by atoms with van der Waals surface area (Å²) in [5, 5.41) is 3.23. The lowest BCUT2D eigenvalue weighted by molar-refractivity contribution is 0.818. The molecule has 0 bridgehead atoms. The third kappa shape index (κ3) is 2.64. The van der Waals surface area contributed by atoms with E-state index in [1.54, 1.807) is 0 Å². The molecule has 0 aliphatic rings. The minimum Gasteiger partial charge on any atom is -0.316 e. The number of nitrogens with one attached hydrogen (secondary N) is 1. The van der Waals surface area contributed by atoms with E-state index in [4.69, 9.17) is 0 Å². The maximum atomic E-state index is 3.23. The lowest BCUT2D eigenvalue weighted by Gasteiger charge is -2.18. The summed E-state index contributed by atoms with van der Waals surface area (Å²) in [6.45, 7) is 12.0. The average molecular weight is 267 g/mol. The van der Waals surface area contributed by atoms with Gasteiger partial charge in [0, 0.05) is 6.54 Å². The molecule has 2 aromatic carbocycles. The van der Waals surface area contributed by atoms with E-state index < -0.39 is 0 Å². The van der Waals surface area contributed by atoms with Crippen LogP contribution in [0.25, 0.3) is 11.1 Å². The zero-order valence-corrected chi connectivity index (χ0v) is 13.5. The second-order valence-electron chi connectivity index (χ2n) is 5.81. The average Bonchev–Trinajstić information content (AvgIpc) is 2.40. The molecule has 2 rings (SSSR count). The number of benzene rings is 2. The number of rotatable bonds is 3. The second-order valence-corrected chi connectivity index (χ2v) is 5.81. The zero-order valence-electron chi connectivity index (χ0n) is 13.5. The Morgan fingerprint density at radius 2 is 1.40 bits per heavy atom. The molecule has 20 heavy (non-hydrogen) atoms. The van der Waals surface area contributed by atoms with Gasteiger partial charge in [-0.25, -0.2) is 0 Å². The topological polar surface area (TPSA) is 12.0 Å². The maximum absolute atomic E-state index is 3.23. The van der Waals surface area contributed by atoms with Gasteiger partial charge in [-0.15, -0.1) is 0 Å². The van der Waals surface area contributed by atoms with Gasteiger partial charge in [0.1, 0.15) is 0 Å². The minimum atomic E-state index is 0.913. The molecular formula is C19H25N. The molecule has 0 saturated heterocycles. The van der Waals surface area contributed by atoms with Crippen LogP contribution in [0.15, 0.2) is 24.3 Å². The summed E-state index contributed by atoms with van der Waals surface area (Å²) >= 11 is 0. The highest BCUT2D eigenvalue weighted by Crippen LogP contribution is 2.34. The van der Waals surface area contributed by atoms with Crippen molar-refractivity contribution in [2.45, 2.75) is 41.2 Å². The minimum absolute atomic E-state index is 0.913. The van der Waals surface area contributed by atoms with Crippen LogP contribution in [-0.2, 0) is 6.54 Å². The predicted octanol–water partition coefficient (Wildman–Crippen LogP) is 4.62. The van der Waals surface area contributed by atoms with Gasteiger partial charge in [-0.1, -0.05) is 18.2 Å². The fourth-order valence-corrected chi connectivity index (χ4v) is 2.87. The van der Waals surface area contributed by atoms with Gasteiger partial charge in [-0.2, -0.15) is 0 Å². The Kier molecular flexibility index (Phi) is 4.29. The smallest absolute Gasteiger partial charge is 0.0202 e. The molecule has 1 N–H and O–H groups in total. The number of hydrogen-bond acceptors (Lipinski definition) is 1. The third-order valence-corrected chi connectivity index (χ3v) is 4.32. The van der Waals surface area contributed by atoms with Gasteiger partial charge in [0.15, 0.2) is 0 Å². The molecule has 0 unspecified atom stereocenters. The molecule has 1 nitrogen and oxygen atoms in total. The second kappa shape index (κ2) is 5.80. The largest absolute Gasteiger partial charge is 0.316 e. The van der Waals surface area contributed by atoms with Gasteiger partial charge in [0.25, 0.3) is 0 Å². The van der Waals surface area contributed by atoms with Crippen LogP contribution in [0.1, 0.15) is 33.4 Å². The van der Waals surface area contributed by atoms with Crippen LogP contribution in [0, 0.1) is 34.6 Å². The van der Waals surface area contributed by atoms with Gasteiger partial charge >= 0.3 is 0 Å². The van der Waals surface area contributed by atoms with Crippen molar-refractivity contribution in [1.82, 2.24) is 5.32 Å². The molecule has 0 amide bonds. The highest BCUT2D eigenvalue weighted by atomic mass is 14.8. The van der Waals surface area contributed by atoms with Gasteiger partial charge in [0.2, 0.25) is 0 Å². The van der Waals surface area contributed by atoms with Gasteiger partial charge < -0.3 is 5.32 Å². The SMILES string of the molecule is CNCc1ccc(C)c(-c2c(C)c(C)cc(C)c2C)c1. The summed E-state index contributed by atoms with van der Waals surface area (Å²) in [6.07, 6.45) is 0. The lowest BCUT2D eigenvalue weighted by Crippen LogP contribution is -2.05. The lowest BCUT2D eigenvalue weighted by atomic mass is 9.87. The van der Waals surface area contributed by atoms with E-state index in [2.05, 4.69) is 64.2 Å². The zero-order chi connectivity index (χ0) is 14.9. The molecule has 0 saturated carbocycles. The summed E-state index contributed by atoms with van der Waals surface area (Å²) in [5.74, 6) is 0. The summed E-state index contributed by atoms with van der Waals surface area (Å²) in [6, 6.07) is 9.07. The molecular weight excluding hydrogens is 242 g/mol. The maximum Gasteiger partial charge on any atom is 0.0202 e. The molecule has 0 heterocycles. The van der Waals surface area contributed by atoms with Crippen molar-refractivity contribution in [1.29, 1.82) is 0 Å². The van der Waals surface area contributed by atoms with E-state index in [0.717, 1.165) is 6.54 Å². The molecule has 1 heteroatoms. The van der Waals surface area contributed by atoms with Gasteiger partial charge in [-0.05, 0) is 92.2 Å². The summed E-state index contributed by atoms with van der Waals surface area (Å²) < 4.78 is 0. The molecule has 0 spiro atoms. The first-order valence-corrected chi connectivity index (χ1v) is 7.27. The van der Waals surface area contributed by atoms with E-state index in [1.165, 1.54) is 44.5 Å². The van der Waals surface area contributed by atoms with E-state index in [9.17, 15) is 0 Å². The van der Waals surface area contributed by atoms with Crippen LogP contribution in [0.2, 0.25) is 0 Å². The predicted molar refractivity (Wildman–Crippen MR) is 88.3 cm³/mol. The summed E-state index contributed by atoms with van der Waals surface area (Å²) in [5.41, 5.74) is 11.0. The van der Waals surface area contributed by atoms with Crippen LogP contribution >= 0.6 is 0 Å². The Balaban J connectivity index is 2.70. The standard InChI is InChI=1S/C19H25N/c1-12-7-8-17(11-20-6)10-18(12)19-15(4)13(2)9-14(3)16(19)5/h7-10,20H,11H2,1-6H3. The highest BCUT2D eigenvalue weighted by molar-refractivity contribution is 5.76. The normalized spacial score (nSPS) is 10.9. The van der Waals surface area contributed by atoms with Crippen molar-refractivity contribution in [3.63, 3.8) is 0 Å². The highest BCUT2D eigenvalue weighted by Gasteiger charge is 2.12. The van der Waals surface area contributed by atoms with Crippen molar-refractivity contribution in [2.75, 3.05) is 7.05 Å². The molecule has 0 aromatic heterocycles. The Bertz CT molecular complexity index is 612. The number of hydrogen-bond donors (Lipinski definition) is 1. The Labute approximate surface area is 123 Å². The molecule has 0 radical (unpaired) electrons. The first-order chi connectivity index (χ1) is 9.45. The van der Waals surface area contributed by atoms with E-state index in [-0.39, 0.29) is 0 Å². The first kappa shape index (κ1) is 14.8. The molecule has 106 valence electrons. The Morgan fingerprint density at radius 1 is 0.800 bits per heavy atom. The fraction of sp³-hybridized carbons (Fsp3) is 0.368. The van der Waals surface area contributed by atoms with Crippen molar-refractivity contribution >= 4 is 0 Å². The third-order valence-electron chi connectivity index (χ3n) is 4.32. The fourth-order valence-electron chi connectivity index (χ4n) is 2.87. The van der Waals surface area contributed by atoms with E-state index in [0.29, 0.717) is 0 Å². The summed E-state index contributed by atoms with van der Waals surface area (Å²) in [4.78, 5) is 0. The van der Waals surface area contributed by atoms with Crippen LogP contribution < -0.4 is 5.32 Å². The quantitative estimate of drug-likeness (QED) is 0.856. The summed E-state index contributed by atoms with van der Waals surface area (Å²) in [7, 11) is 1.99. The number of aryl methyl sites for hydroxylation is 3. The van der Waals surface area contributed by atoms with Gasteiger partial charge in [-0.3, -0.25) is 0 Å². The van der Waals surface area contributed by atoms with Crippen LogP contribution in [-0.4, -0.2) is 7.05 Å². The molecule has 0 aliphatic carbocycles. The van der Waals surface area contributed by atoms with Crippen molar-refractivity contribution in [3.8, 4) is 11.1 Å². The molecule has 0 atom stereocenters. The first-order valence-electron chi connectivity index (χ1n) is 7.27. The molecule has 0 aliphatic heterocycles. The van der Waals surface area contributed by atoms with Crippen LogP contribution in [0.5, 0.6) is 0 Å². The van der Waals surface area contributed by atoms with Crippen molar-refractivity contribution < 1.29 is 0 Å². The van der Waals surface area contributed by atoms with Crippen molar-refractivity contribution in [3.05, 3.63) is 57.6 Å². The Hall–Kier alpha value is -1.60. The molecule has 2 aromatic rings. The van der Waals surface area contributed by atoms with Crippen LogP contribution in [0.4, 0.5) is 0 Å². The Morgan fingerprint density at radius 3 is 1.95 bits per heavy atom. The molecule has 0 fully saturated rings. The van der Waals surface area contributed by atoms with Crippen molar-refractivity contribution in [2.24, 2.45) is 0 Å².